The molecule has 62 heavy (non-hydrogen) atoms. The maximum absolute atomic E-state index is 12.8. The predicted molar refractivity (Wildman–Crippen MR) is 266 cm³/mol. The molecule has 0 amide bonds. The Hall–Kier alpha value is -2.11. The molecular formula is C56H104O6. The Kier molecular flexibility index (Phi) is 49.8. The molecule has 0 spiro atoms. The molecule has 364 valence electrons. The highest BCUT2D eigenvalue weighted by Crippen LogP contribution is 2.17. The number of unbranched alkanes of at least 4 members (excludes halogenated alkanes) is 36. The summed E-state index contributed by atoms with van der Waals surface area (Å²) in [5.41, 5.74) is 0. The second-order valence-corrected chi connectivity index (χ2v) is 18.5. The first-order valence-corrected chi connectivity index (χ1v) is 27.4. The number of carbonyl (C=O) groups excluding carboxylic acids is 3. The average Bonchev–Trinajstić information content (AvgIpc) is 3.27. The van der Waals surface area contributed by atoms with Crippen LogP contribution >= 0.6 is 0 Å². The van der Waals surface area contributed by atoms with E-state index in [0.717, 1.165) is 70.6 Å². The minimum absolute atomic E-state index is 0.0744. The third-order valence-electron chi connectivity index (χ3n) is 12.2. The molecule has 0 aliphatic heterocycles. The smallest absolute Gasteiger partial charge is 0.306 e. The van der Waals surface area contributed by atoms with Gasteiger partial charge in [-0.1, -0.05) is 263 Å². The van der Waals surface area contributed by atoms with Gasteiger partial charge in [-0.25, -0.2) is 0 Å². The van der Waals surface area contributed by atoms with Gasteiger partial charge in [-0.05, 0) is 38.5 Å². The van der Waals surface area contributed by atoms with E-state index < -0.39 is 6.10 Å². The number of ether oxygens (including phenoxy) is 3. The number of carbonyl (C=O) groups is 3. The normalized spacial score (nSPS) is 12.1. The fraction of sp³-hybridized carbons (Fsp3) is 0.875. The van der Waals surface area contributed by atoms with Crippen molar-refractivity contribution in [3.05, 3.63) is 24.3 Å². The highest BCUT2D eigenvalue weighted by atomic mass is 16.6. The molecule has 0 heterocycles. The Morgan fingerprint density at radius 2 is 0.581 bits per heavy atom. The quantitative estimate of drug-likeness (QED) is 0.0262. The van der Waals surface area contributed by atoms with Gasteiger partial charge in [0.15, 0.2) is 6.10 Å². The Morgan fingerprint density at radius 3 is 0.903 bits per heavy atom. The lowest BCUT2D eigenvalue weighted by Crippen LogP contribution is -2.30. The van der Waals surface area contributed by atoms with Crippen LogP contribution in [0.5, 0.6) is 0 Å². The lowest BCUT2D eigenvalue weighted by molar-refractivity contribution is -0.167. The van der Waals surface area contributed by atoms with E-state index in [4.69, 9.17) is 14.2 Å². The van der Waals surface area contributed by atoms with E-state index in [2.05, 4.69) is 45.1 Å². The van der Waals surface area contributed by atoms with E-state index in [-0.39, 0.29) is 31.1 Å². The molecule has 0 aromatic carbocycles. The second-order valence-electron chi connectivity index (χ2n) is 18.5. The van der Waals surface area contributed by atoms with Crippen LogP contribution in [-0.2, 0) is 28.6 Å². The van der Waals surface area contributed by atoms with Crippen molar-refractivity contribution in [3.8, 4) is 0 Å². The maximum atomic E-state index is 12.8. The van der Waals surface area contributed by atoms with Crippen LogP contribution in [-0.4, -0.2) is 37.2 Å². The minimum Gasteiger partial charge on any atom is -0.462 e. The van der Waals surface area contributed by atoms with Crippen molar-refractivity contribution in [2.24, 2.45) is 0 Å². The molecule has 1 unspecified atom stereocenters. The Morgan fingerprint density at radius 1 is 0.323 bits per heavy atom. The van der Waals surface area contributed by atoms with Gasteiger partial charge in [-0.2, -0.15) is 0 Å². The summed E-state index contributed by atoms with van der Waals surface area (Å²) in [7, 11) is 0. The maximum Gasteiger partial charge on any atom is 0.306 e. The molecular weight excluding hydrogens is 769 g/mol. The van der Waals surface area contributed by atoms with Gasteiger partial charge in [0, 0.05) is 19.3 Å². The third-order valence-corrected chi connectivity index (χ3v) is 12.2. The molecule has 0 saturated heterocycles. The number of rotatable bonds is 50. The molecule has 0 aromatic heterocycles. The largest absolute Gasteiger partial charge is 0.462 e. The highest BCUT2D eigenvalue weighted by Gasteiger charge is 2.19. The van der Waals surface area contributed by atoms with E-state index in [9.17, 15) is 14.4 Å². The summed E-state index contributed by atoms with van der Waals surface area (Å²) < 4.78 is 16.8. The summed E-state index contributed by atoms with van der Waals surface area (Å²) in [6, 6.07) is 0. The van der Waals surface area contributed by atoms with Crippen LogP contribution in [0.3, 0.4) is 0 Å². The zero-order valence-corrected chi connectivity index (χ0v) is 41.7. The van der Waals surface area contributed by atoms with Gasteiger partial charge in [0.1, 0.15) is 13.2 Å². The molecule has 0 saturated carbocycles. The van der Waals surface area contributed by atoms with Crippen molar-refractivity contribution >= 4 is 17.9 Å². The first-order valence-electron chi connectivity index (χ1n) is 27.4. The SMILES string of the molecule is CCCC/C=C\C=C/CCCCCC(=O)OCC(COC(=O)CCCCCCCCCCCCCCCCCCC)OC(=O)CCCCCCCCCCCCCCCCCC. The monoisotopic (exact) mass is 873 g/mol. The highest BCUT2D eigenvalue weighted by molar-refractivity contribution is 5.71. The molecule has 6 heteroatoms. The van der Waals surface area contributed by atoms with E-state index in [1.165, 1.54) is 186 Å². The fourth-order valence-electron chi connectivity index (χ4n) is 8.07. The summed E-state index contributed by atoms with van der Waals surface area (Å²) in [6.07, 6.45) is 58.8. The second kappa shape index (κ2) is 51.5. The zero-order valence-electron chi connectivity index (χ0n) is 41.7. The van der Waals surface area contributed by atoms with E-state index in [1.807, 2.05) is 0 Å². The lowest BCUT2D eigenvalue weighted by atomic mass is 10.0. The van der Waals surface area contributed by atoms with Crippen LogP contribution in [0.1, 0.15) is 297 Å². The van der Waals surface area contributed by atoms with Crippen LogP contribution in [0.4, 0.5) is 0 Å². The van der Waals surface area contributed by atoms with Crippen molar-refractivity contribution in [1.82, 2.24) is 0 Å². The molecule has 0 aliphatic carbocycles. The average molecular weight is 873 g/mol. The van der Waals surface area contributed by atoms with Gasteiger partial charge < -0.3 is 14.2 Å². The van der Waals surface area contributed by atoms with E-state index in [1.54, 1.807) is 0 Å². The Bertz CT molecular complexity index is 1000. The predicted octanol–water partition coefficient (Wildman–Crippen LogP) is 17.9. The Balaban J connectivity index is 4.31. The minimum atomic E-state index is -0.775. The van der Waals surface area contributed by atoms with Crippen molar-refractivity contribution in [2.45, 2.75) is 303 Å². The molecule has 0 aromatic rings. The number of hydrogen-bond donors (Lipinski definition) is 0. The Labute approximate surface area is 385 Å². The van der Waals surface area contributed by atoms with Crippen LogP contribution in [0.2, 0.25) is 0 Å². The van der Waals surface area contributed by atoms with Crippen LogP contribution in [0.15, 0.2) is 24.3 Å². The first-order chi connectivity index (χ1) is 30.5. The molecule has 0 bridgehead atoms. The summed E-state index contributed by atoms with van der Waals surface area (Å²) in [5.74, 6) is -0.886. The molecule has 1 atom stereocenters. The molecule has 0 aliphatic rings. The van der Waals surface area contributed by atoms with Crippen molar-refractivity contribution in [2.75, 3.05) is 13.2 Å². The van der Waals surface area contributed by atoms with E-state index >= 15 is 0 Å². The van der Waals surface area contributed by atoms with E-state index in [0.29, 0.717) is 19.3 Å². The molecule has 0 N–H and O–H groups in total. The van der Waals surface area contributed by atoms with Gasteiger partial charge in [-0.15, -0.1) is 0 Å². The van der Waals surface area contributed by atoms with Crippen molar-refractivity contribution in [3.63, 3.8) is 0 Å². The van der Waals surface area contributed by atoms with Gasteiger partial charge in [0.05, 0.1) is 0 Å². The first kappa shape index (κ1) is 59.9. The summed E-state index contributed by atoms with van der Waals surface area (Å²) >= 11 is 0. The van der Waals surface area contributed by atoms with Gasteiger partial charge >= 0.3 is 17.9 Å². The van der Waals surface area contributed by atoms with Crippen LogP contribution in [0.25, 0.3) is 0 Å². The summed E-state index contributed by atoms with van der Waals surface area (Å²) in [4.78, 5) is 38.0. The molecule has 0 fully saturated rings. The standard InChI is InChI=1S/C56H104O6/c1-4-7-10-13-16-19-22-24-26-28-30-31-34-37-40-43-46-49-55(58)61-52-53(51-60-54(57)48-45-42-39-36-33-21-18-15-12-9-6-3)62-56(59)50-47-44-41-38-35-32-29-27-25-23-20-17-14-11-8-5-2/h15,18,21,33,53H,4-14,16-17,19-20,22-32,34-52H2,1-3H3/b18-15-,33-21-. The molecule has 6 nitrogen and oxygen atoms in total. The van der Waals surface area contributed by atoms with Gasteiger partial charge in [0.2, 0.25) is 0 Å². The van der Waals surface area contributed by atoms with Crippen LogP contribution < -0.4 is 0 Å². The number of esters is 3. The fourth-order valence-corrected chi connectivity index (χ4v) is 8.07. The van der Waals surface area contributed by atoms with Gasteiger partial charge in [0.25, 0.3) is 0 Å². The lowest BCUT2D eigenvalue weighted by Gasteiger charge is -2.18. The van der Waals surface area contributed by atoms with Crippen molar-refractivity contribution < 1.29 is 28.6 Å². The zero-order chi connectivity index (χ0) is 45.1. The van der Waals surface area contributed by atoms with Crippen molar-refractivity contribution in [1.29, 1.82) is 0 Å². The summed E-state index contributed by atoms with van der Waals surface area (Å²) in [5, 5.41) is 0. The number of allylic oxidation sites excluding steroid dienone is 4. The van der Waals surface area contributed by atoms with Gasteiger partial charge in [-0.3, -0.25) is 14.4 Å². The number of hydrogen-bond acceptors (Lipinski definition) is 6. The third kappa shape index (κ3) is 48.9. The molecule has 0 rings (SSSR count). The topological polar surface area (TPSA) is 78.9 Å². The summed E-state index contributed by atoms with van der Waals surface area (Å²) in [6.45, 7) is 6.61. The van der Waals surface area contributed by atoms with Crippen LogP contribution in [0, 0.1) is 0 Å². The molecule has 0 radical (unpaired) electrons.